The van der Waals surface area contributed by atoms with E-state index in [4.69, 9.17) is 38.3 Å². The van der Waals surface area contributed by atoms with E-state index in [2.05, 4.69) is 6.58 Å². The third-order valence-corrected chi connectivity index (χ3v) is 4.42. The number of benzene rings is 1. The molecule has 0 aliphatic carbocycles. The van der Waals surface area contributed by atoms with Crippen LogP contribution in [0.15, 0.2) is 42.5 Å². The summed E-state index contributed by atoms with van der Waals surface area (Å²) in [7, 11) is 0. The van der Waals surface area contributed by atoms with Crippen LogP contribution in [0.25, 0.3) is 0 Å². The highest BCUT2D eigenvalue weighted by Gasteiger charge is 2.16. The molecule has 0 fully saturated rings. The van der Waals surface area contributed by atoms with Gasteiger partial charge in [0, 0.05) is 12.0 Å². The molecular formula is C26H42O9. The van der Waals surface area contributed by atoms with E-state index >= 15 is 0 Å². The fourth-order valence-corrected chi connectivity index (χ4v) is 2.68. The Morgan fingerprint density at radius 3 is 1.80 bits per heavy atom. The number of hydrogen-bond donors (Lipinski definition) is 1. The molecule has 0 saturated heterocycles. The lowest BCUT2D eigenvalue weighted by Gasteiger charge is -2.19. The second-order valence-corrected chi connectivity index (χ2v) is 8.64. The zero-order valence-electron chi connectivity index (χ0n) is 21.4. The maximum atomic E-state index is 11.1. The van der Waals surface area contributed by atoms with Crippen molar-refractivity contribution in [2.75, 3.05) is 72.7 Å². The number of ether oxygens (including phenoxy) is 7. The topological polar surface area (TPSA) is 102 Å². The Morgan fingerprint density at radius 2 is 1.31 bits per heavy atom. The van der Waals surface area contributed by atoms with E-state index in [0.29, 0.717) is 71.8 Å². The molecule has 1 N–H and O–H groups in total. The smallest absolute Gasteiger partial charge is 0.331 e. The average Bonchev–Trinajstić information content (AvgIpc) is 2.81. The van der Waals surface area contributed by atoms with Gasteiger partial charge in [0.25, 0.3) is 0 Å². The van der Waals surface area contributed by atoms with Gasteiger partial charge in [-0.2, -0.15) is 0 Å². The summed E-state index contributed by atoms with van der Waals surface area (Å²) in [6.45, 7) is 14.5. The van der Waals surface area contributed by atoms with Gasteiger partial charge in [0.2, 0.25) is 0 Å². The first-order valence-corrected chi connectivity index (χ1v) is 11.9. The van der Waals surface area contributed by atoms with Gasteiger partial charge >= 0.3 is 5.97 Å². The summed E-state index contributed by atoms with van der Waals surface area (Å²) < 4.78 is 38.9. The maximum Gasteiger partial charge on any atom is 0.331 e. The summed E-state index contributed by atoms with van der Waals surface area (Å²) in [6.07, 6.45) is -0.271. The molecule has 0 saturated carbocycles. The van der Waals surface area contributed by atoms with Crippen molar-refractivity contribution < 1.29 is 43.1 Å². The first-order chi connectivity index (χ1) is 16.8. The lowest BCUT2D eigenvalue weighted by Crippen LogP contribution is -2.26. The van der Waals surface area contributed by atoms with Crippen LogP contribution in [-0.4, -0.2) is 95.5 Å². The van der Waals surface area contributed by atoms with Crippen LogP contribution in [0, 0.1) is 0 Å². The fraction of sp³-hybridized carbons (Fsp3) is 0.654. The summed E-state index contributed by atoms with van der Waals surface area (Å²) >= 11 is 0. The molecule has 0 aromatic heterocycles. The molecule has 1 aromatic rings. The number of aliphatic carboxylic acids is 1. The molecule has 0 spiro atoms. The van der Waals surface area contributed by atoms with E-state index < -0.39 is 12.1 Å². The maximum absolute atomic E-state index is 11.1. The lowest BCUT2D eigenvalue weighted by molar-refractivity contribution is -0.133. The molecule has 0 aliphatic heterocycles. The Kier molecular flexibility index (Phi) is 17.0. The van der Waals surface area contributed by atoms with Gasteiger partial charge in [-0.15, -0.1) is 0 Å². The lowest BCUT2D eigenvalue weighted by atomic mass is 10.1. The van der Waals surface area contributed by atoms with Crippen LogP contribution in [0.3, 0.4) is 0 Å². The van der Waals surface area contributed by atoms with Crippen molar-refractivity contribution in [2.24, 2.45) is 0 Å². The Morgan fingerprint density at radius 1 is 0.829 bits per heavy atom. The molecule has 9 nitrogen and oxygen atoms in total. The highest BCUT2D eigenvalue weighted by atomic mass is 16.6. The van der Waals surface area contributed by atoms with Crippen molar-refractivity contribution in [3.63, 3.8) is 0 Å². The molecule has 9 heteroatoms. The Labute approximate surface area is 209 Å². The Hall–Kier alpha value is -2.01. The van der Waals surface area contributed by atoms with E-state index in [1.165, 1.54) is 0 Å². The zero-order valence-corrected chi connectivity index (χ0v) is 21.4. The van der Waals surface area contributed by atoms with Gasteiger partial charge in [-0.3, -0.25) is 0 Å². The number of carboxylic acids is 1. The van der Waals surface area contributed by atoms with Crippen LogP contribution in [0.2, 0.25) is 0 Å². The second kappa shape index (κ2) is 19.2. The third kappa shape index (κ3) is 18.9. The van der Waals surface area contributed by atoms with Gasteiger partial charge in [-0.25, -0.2) is 4.79 Å². The molecule has 1 unspecified atom stereocenters. The van der Waals surface area contributed by atoms with Crippen LogP contribution < -0.4 is 4.74 Å². The van der Waals surface area contributed by atoms with Gasteiger partial charge in [-0.1, -0.05) is 24.8 Å². The van der Waals surface area contributed by atoms with Crippen molar-refractivity contribution in [3.8, 4) is 5.75 Å². The molecule has 200 valence electrons. The number of carboxylic acid groups (broad SMARTS) is 1. The van der Waals surface area contributed by atoms with Crippen molar-refractivity contribution in [1.82, 2.24) is 0 Å². The van der Waals surface area contributed by atoms with Gasteiger partial charge < -0.3 is 38.3 Å². The van der Waals surface area contributed by atoms with E-state index in [9.17, 15) is 4.79 Å². The summed E-state index contributed by atoms with van der Waals surface area (Å²) in [6, 6.07) is 9.28. The number of carbonyl (C=O) groups is 1. The molecule has 0 radical (unpaired) electrons. The molecule has 1 atom stereocenters. The predicted molar refractivity (Wildman–Crippen MR) is 132 cm³/mol. The normalized spacial score (nSPS) is 12.4. The fourth-order valence-electron chi connectivity index (χ4n) is 2.68. The van der Waals surface area contributed by atoms with Crippen LogP contribution in [0.1, 0.15) is 27.2 Å². The summed E-state index contributed by atoms with van der Waals surface area (Å²) in [5.41, 5.74) is -0.0740. The monoisotopic (exact) mass is 498 g/mol. The standard InChI is InChI=1S/C26H42O9/c1-22(25(27)28)20-24(21-34-23-8-6-5-7-9-23)33-18-16-31-14-12-29-10-11-30-13-15-32-17-19-35-26(2,3)4/h5-9,24H,1,10-21H2,2-4H3,(H,27,28). The van der Waals surface area contributed by atoms with Crippen molar-refractivity contribution >= 4 is 5.97 Å². The third-order valence-electron chi connectivity index (χ3n) is 4.42. The number of para-hydroxylation sites is 1. The first-order valence-electron chi connectivity index (χ1n) is 11.9. The van der Waals surface area contributed by atoms with Crippen LogP contribution in [-0.2, 0) is 33.2 Å². The number of hydrogen-bond acceptors (Lipinski definition) is 8. The van der Waals surface area contributed by atoms with Crippen LogP contribution >= 0.6 is 0 Å². The second-order valence-electron chi connectivity index (χ2n) is 8.64. The van der Waals surface area contributed by atoms with Gasteiger partial charge in [0.1, 0.15) is 12.4 Å². The van der Waals surface area contributed by atoms with Gasteiger partial charge in [0.15, 0.2) is 0 Å². The SMILES string of the molecule is C=C(CC(COc1ccccc1)OCCOCCOCCOCCOCCOC(C)(C)C)C(=O)O. The average molecular weight is 499 g/mol. The molecule has 0 bridgehead atoms. The van der Waals surface area contributed by atoms with Crippen LogP contribution in [0.5, 0.6) is 5.75 Å². The van der Waals surface area contributed by atoms with Crippen molar-refractivity contribution in [1.29, 1.82) is 0 Å². The molecule has 0 heterocycles. The number of rotatable bonds is 22. The Bertz CT molecular complexity index is 673. The highest BCUT2D eigenvalue weighted by molar-refractivity contribution is 5.85. The van der Waals surface area contributed by atoms with Gasteiger partial charge in [0.05, 0.1) is 77.8 Å². The molecule has 0 aliphatic rings. The minimum atomic E-state index is -1.05. The quantitative estimate of drug-likeness (QED) is 0.190. The van der Waals surface area contributed by atoms with E-state index in [0.717, 1.165) is 0 Å². The Balaban J connectivity index is 2.00. The molecule has 0 amide bonds. The zero-order chi connectivity index (χ0) is 25.8. The molecule has 1 rings (SSSR count). The van der Waals surface area contributed by atoms with E-state index in [-0.39, 0.29) is 24.2 Å². The minimum absolute atomic E-state index is 0.0734. The van der Waals surface area contributed by atoms with Gasteiger partial charge in [-0.05, 0) is 32.9 Å². The summed E-state index contributed by atoms with van der Waals surface area (Å²) in [5, 5.41) is 9.09. The summed E-state index contributed by atoms with van der Waals surface area (Å²) in [5.74, 6) is -0.355. The first kappa shape index (κ1) is 31.0. The minimum Gasteiger partial charge on any atom is -0.491 e. The molecule has 1 aromatic carbocycles. The highest BCUT2D eigenvalue weighted by Crippen LogP contribution is 2.13. The predicted octanol–water partition coefficient (Wildman–Crippen LogP) is 3.36. The van der Waals surface area contributed by atoms with E-state index in [1.54, 1.807) is 0 Å². The van der Waals surface area contributed by atoms with Crippen molar-refractivity contribution in [2.45, 2.75) is 38.9 Å². The largest absolute Gasteiger partial charge is 0.491 e. The van der Waals surface area contributed by atoms with Crippen molar-refractivity contribution in [3.05, 3.63) is 42.5 Å². The van der Waals surface area contributed by atoms with Crippen LogP contribution in [0.4, 0.5) is 0 Å². The van der Waals surface area contributed by atoms with E-state index in [1.807, 2.05) is 51.1 Å². The molecule has 35 heavy (non-hydrogen) atoms. The molecular weight excluding hydrogens is 456 g/mol. The summed E-state index contributed by atoms with van der Waals surface area (Å²) in [4.78, 5) is 11.1.